The van der Waals surface area contributed by atoms with Crippen molar-refractivity contribution in [1.82, 2.24) is 0 Å². The molecule has 0 radical (unpaired) electrons. The predicted molar refractivity (Wildman–Crippen MR) is 76.2 cm³/mol. The molecule has 2 rings (SSSR count). The molecule has 1 heterocycles. The Kier molecular flexibility index (Phi) is 3.85. The summed E-state index contributed by atoms with van der Waals surface area (Å²) in [7, 11) is -3.54. The van der Waals surface area contributed by atoms with Crippen LogP contribution in [0.3, 0.4) is 0 Å². The summed E-state index contributed by atoms with van der Waals surface area (Å²) in [6.07, 6.45) is 1.02. The van der Waals surface area contributed by atoms with E-state index in [1.165, 1.54) is 6.07 Å². The zero-order valence-electron chi connectivity index (χ0n) is 9.68. The zero-order valence-corrected chi connectivity index (χ0v) is 12.8. The third kappa shape index (κ3) is 3.08. The molecule has 7 heteroatoms. The molecule has 0 spiro atoms. The lowest BCUT2D eigenvalue weighted by atomic mass is 10.1. The van der Waals surface area contributed by atoms with Gasteiger partial charge in [0.15, 0.2) is 9.84 Å². The molecule has 0 amide bonds. The van der Waals surface area contributed by atoms with E-state index in [4.69, 9.17) is 16.0 Å². The minimum absolute atomic E-state index is 0.110. The summed E-state index contributed by atoms with van der Waals surface area (Å²) in [5.74, 6) is 0.149. The average molecular weight is 364 g/mol. The van der Waals surface area contributed by atoms with E-state index < -0.39 is 15.5 Å². The molecule has 0 aliphatic carbocycles. The van der Waals surface area contributed by atoms with Crippen molar-refractivity contribution in [2.24, 2.45) is 0 Å². The highest BCUT2D eigenvalue weighted by Gasteiger charge is 2.18. The Balaban J connectivity index is 2.74. The van der Waals surface area contributed by atoms with Crippen LogP contribution in [0.15, 0.2) is 48.9 Å². The maximum Gasteiger partial charge on any atom is 0.352 e. The number of hydrogen-bond donors (Lipinski definition) is 0. The van der Waals surface area contributed by atoms with Gasteiger partial charge in [-0.2, -0.15) is 0 Å². The van der Waals surface area contributed by atoms with E-state index in [0.717, 1.165) is 6.26 Å². The van der Waals surface area contributed by atoms with Gasteiger partial charge in [0.05, 0.1) is 4.90 Å². The van der Waals surface area contributed by atoms with Gasteiger partial charge in [0.2, 0.25) is 0 Å². The minimum Gasteiger partial charge on any atom is -0.422 e. The van der Waals surface area contributed by atoms with E-state index in [0.29, 0.717) is 10.6 Å². The molecular formula is C12H8BrClO4S. The standard InChI is InChI=1S/C12H8BrClO4S/c1-19(16,17)10-6-9(18-12(15)11(10)13)7-3-2-4-8(14)5-7/h2-6H,1H3. The van der Waals surface area contributed by atoms with Gasteiger partial charge in [-0.25, -0.2) is 13.2 Å². The van der Waals surface area contributed by atoms with Crippen LogP contribution >= 0.6 is 27.5 Å². The first-order chi connectivity index (χ1) is 8.79. The smallest absolute Gasteiger partial charge is 0.352 e. The number of rotatable bonds is 2. The van der Waals surface area contributed by atoms with Crippen molar-refractivity contribution in [3.63, 3.8) is 0 Å². The van der Waals surface area contributed by atoms with Gasteiger partial charge in [-0.05, 0) is 28.1 Å². The first-order valence-corrected chi connectivity index (χ1v) is 8.15. The van der Waals surface area contributed by atoms with Crippen LogP contribution in [0.4, 0.5) is 0 Å². The largest absolute Gasteiger partial charge is 0.422 e. The van der Waals surface area contributed by atoms with Crippen molar-refractivity contribution in [2.75, 3.05) is 6.26 Å². The molecule has 19 heavy (non-hydrogen) atoms. The molecule has 4 nitrogen and oxygen atoms in total. The molecule has 1 aromatic carbocycles. The van der Waals surface area contributed by atoms with Crippen LogP contribution in [-0.4, -0.2) is 14.7 Å². The van der Waals surface area contributed by atoms with Crippen LogP contribution < -0.4 is 5.63 Å². The number of sulfone groups is 1. The van der Waals surface area contributed by atoms with Crippen LogP contribution in [-0.2, 0) is 9.84 Å². The summed E-state index contributed by atoms with van der Waals surface area (Å²) in [6, 6.07) is 7.90. The second-order valence-electron chi connectivity index (χ2n) is 3.86. The van der Waals surface area contributed by atoms with Crippen molar-refractivity contribution in [1.29, 1.82) is 0 Å². The topological polar surface area (TPSA) is 64.3 Å². The third-order valence-corrected chi connectivity index (χ3v) is 4.74. The quantitative estimate of drug-likeness (QED) is 0.822. The Bertz CT molecular complexity index is 796. The third-order valence-electron chi connectivity index (χ3n) is 2.37. The maximum absolute atomic E-state index is 11.7. The van der Waals surface area contributed by atoms with E-state index in [1.54, 1.807) is 24.3 Å². The molecular weight excluding hydrogens is 356 g/mol. The lowest BCUT2D eigenvalue weighted by Gasteiger charge is -2.05. The van der Waals surface area contributed by atoms with Crippen molar-refractivity contribution in [3.8, 4) is 11.3 Å². The highest BCUT2D eigenvalue weighted by atomic mass is 79.9. The van der Waals surface area contributed by atoms with Crippen LogP contribution in [0.5, 0.6) is 0 Å². The Morgan fingerprint density at radius 2 is 1.95 bits per heavy atom. The first-order valence-electron chi connectivity index (χ1n) is 5.08. The lowest BCUT2D eigenvalue weighted by molar-refractivity contribution is 0.513. The van der Waals surface area contributed by atoms with Gasteiger partial charge in [-0.15, -0.1) is 0 Å². The van der Waals surface area contributed by atoms with Crippen LogP contribution in [0.2, 0.25) is 5.02 Å². The Morgan fingerprint density at radius 3 is 2.53 bits per heavy atom. The van der Waals surface area contributed by atoms with Gasteiger partial charge >= 0.3 is 5.63 Å². The predicted octanol–water partition coefficient (Wildman–Crippen LogP) is 3.13. The van der Waals surface area contributed by atoms with Crippen molar-refractivity contribution < 1.29 is 12.8 Å². The van der Waals surface area contributed by atoms with E-state index in [1.807, 2.05) is 0 Å². The van der Waals surface area contributed by atoms with Crippen molar-refractivity contribution in [2.45, 2.75) is 4.90 Å². The van der Waals surface area contributed by atoms with E-state index >= 15 is 0 Å². The summed E-state index contributed by atoms with van der Waals surface area (Å²) in [4.78, 5) is 11.5. The van der Waals surface area contributed by atoms with Gasteiger partial charge in [0.25, 0.3) is 0 Å². The lowest BCUT2D eigenvalue weighted by Crippen LogP contribution is -2.08. The maximum atomic E-state index is 11.7. The Labute approximate surface area is 123 Å². The van der Waals surface area contributed by atoms with Gasteiger partial charge in [-0.1, -0.05) is 23.7 Å². The molecule has 2 aromatic rings. The summed E-state index contributed by atoms with van der Waals surface area (Å²) in [6.45, 7) is 0. The first kappa shape index (κ1) is 14.3. The monoisotopic (exact) mass is 362 g/mol. The molecule has 0 aliphatic heterocycles. The molecule has 0 fully saturated rings. The van der Waals surface area contributed by atoms with Gasteiger partial charge in [0, 0.05) is 22.9 Å². The fourth-order valence-corrected chi connectivity index (χ4v) is 3.51. The molecule has 0 bridgehead atoms. The molecule has 0 atom stereocenters. The second-order valence-corrected chi connectivity index (χ2v) is 7.07. The number of benzene rings is 1. The zero-order chi connectivity index (χ0) is 14.2. The van der Waals surface area contributed by atoms with Crippen molar-refractivity contribution >= 4 is 37.4 Å². The van der Waals surface area contributed by atoms with Crippen LogP contribution in [0.25, 0.3) is 11.3 Å². The summed E-state index contributed by atoms with van der Waals surface area (Å²) in [5, 5.41) is 0.462. The summed E-state index contributed by atoms with van der Waals surface area (Å²) >= 11 is 8.77. The van der Waals surface area contributed by atoms with Crippen molar-refractivity contribution in [3.05, 3.63) is 50.2 Å². The van der Waals surface area contributed by atoms with E-state index in [9.17, 15) is 13.2 Å². The fourth-order valence-electron chi connectivity index (χ4n) is 1.51. The van der Waals surface area contributed by atoms with Crippen LogP contribution in [0.1, 0.15) is 0 Å². The molecule has 0 aliphatic rings. The molecule has 1 aromatic heterocycles. The minimum atomic E-state index is -3.54. The van der Waals surface area contributed by atoms with E-state index in [2.05, 4.69) is 15.9 Å². The van der Waals surface area contributed by atoms with Crippen LogP contribution in [0, 0.1) is 0 Å². The van der Waals surface area contributed by atoms with Gasteiger partial charge in [0.1, 0.15) is 10.2 Å². The SMILES string of the molecule is CS(=O)(=O)c1cc(-c2cccc(Cl)c2)oc(=O)c1Br. The average Bonchev–Trinajstić information content (AvgIpc) is 2.31. The summed E-state index contributed by atoms with van der Waals surface area (Å²) < 4.78 is 28.2. The van der Waals surface area contributed by atoms with Gasteiger partial charge < -0.3 is 4.42 Å². The van der Waals surface area contributed by atoms with E-state index in [-0.39, 0.29) is 15.1 Å². The Hall–Kier alpha value is -1.11. The Morgan fingerprint density at radius 1 is 1.26 bits per heavy atom. The highest BCUT2D eigenvalue weighted by Crippen LogP contribution is 2.27. The molecule has 0 N–H and O–H groups in total. The highest BCUT2D eigenvalue weighted by molar-refractivity contribution is 9.10. The van der Waals surface area contributed by atoms with Gasteiger partial charge in [-0.3, -0.25) is 0 Å². The molecule has 0 saturated heterocycles. The second kappa shape index (κ2) is 5.11. The molecule has 0 saturated carbocycles. The molecule has 100 valence electrons. The molecule has 0 unspecified atom stereocenters. The number of halogens is 2. The fraction of sp³-hybridized carbons (Fsp3) is 0.0833. The summed E-state index contributed by atoms with van der Waals surface area (Å²) in [5.41, 5.74) is -0.222. The number of hydrogen-bond acceptors (Lipinski definition) is 4. The normalized spacial score (nSPS) is 11.5.